The Hall–Kier alpha value is -0.870. The number of aryl methyl sites for hydroxylation is 1. The maximum atomic E-state index is 12.3. The van der Waals surface area contributed by atoms with Crippen molar-refractivity contribution in [1.29, 1.82) is 0 Å². The predicted octanol–water partition coefficient (Wildman–Crippen LogP) is 2.23. The van der Waals surface area contributed by atoms with Crippen molar-refractivity contribution in [3.63, 3.8) is 0 Å². The van der Waals surface area contributed by atoms with Crippen molar-refractivity contribution in [3.05, 3.63) is 35.4 Å². The Kier molecular flexibility index (Phi) is 4.18. The highest BCUT2D eigenvalue weighted by molar-refractivity contribution is 9.09. The lowest BCUT2D eigenvalue weighted by molar-refractivity contribution is -0.00968. The molecule has 4 heteroatoms. The molecule has 0 N–H and O–H groups in total. The van der Waals surface area contributed by atoms with Gasteiger partial charge in [0.05, 0.1) is 12.7 Å². The zero-order valence-corrected chi connectivity index (χ0v) is 11.4. The van der Waals surface area contributed by atoms with Crippen molar-refractivity contribution < 1.29 is 9.53 Å². The molecule has 0 aromatic heterocycles. The summed E-state index contributed by atoms with van der Waals surface area (Å²) in [7, 11) is 0. The van der Waals surface area contributed by atoms with E-state index in [1.807, 2.05) is 36.1 Å². The average Bonchev–Trinajstić information content (AvgIpc) is 2.38. The lowest BCUT2D eigenvalue weighted by Gasteiger charge is -2.32. The van der Waals surface area contributed by atoms with Gasteiger partial charge in [-0.15, -0.1) is 0 Å². The molecule has 0 saturated carbocycles. The van der Waals surface area contributed by atoms with E-state index in [-0.39, 0.29) is 12.0 Å². The summed E-state index contributed by atoms with van der Waals surface area (Å²) < 4.78 is 5.53. The molecule has 1 atom stereocenters. The Balaban J connectivity index is 2.12. The maximum absolute atomic E-state index is 12.3. The molecule has 1 aliphatic heterocycles. The Morgan fingerprint density at radius 3 is 3.00 bits per heavy atom. The molecular weight excluding hydrogens is 282 g/mol. The number of hydrogen-bond acceptors (Lipinski definition) is 2. The smallest absolute Gasteiger partial charge is 0.254 e. The van der Waals surface area contributed by atoms with Gasteiger partial charge in [-0.1, -0.05) is 34.1 Å². The Morgan fingerprint density at radius 2 is 2.29 bits per heavy atom. The lowest BCUT2D eigenvalue weighted by Crippen LogP contribution is -2.46. The molecule has 0 spiro atoms. The molecular formula is C13H16BrNO2. The summed E-state index contributed by atoms with van der Waals surface area (Å²) in [4.78, 5) is 14.2. The molecule has 3 nitrogen and oxygen atoms in total. The molecule has 1 aromatic rings. The van der Waals surface area contributed by atoms with E-state index in [2.05, 4.69) is 15.9 Å². The van der Waals surface area contributed by atoms with Crippen LogP contribution in [0.3, 0.4) is 0 Å². The third kappa shape index (κ3) is 2.87. The van der Waals surface area contributed by atoms with Crippen molar-refractivity contribution in [2.24, 2.45) is 0 Å². The van der Waals surface area contributed by atoms with Gasteiger partial charge >= 0.3 is 0 Å². The number of halogens is 1. The van der Waals surface area contributed by atoms with Crippen LogP contribution < -0.4 is 0 Å². The molecule has 17 heavy (non-hydrogen) atoms. The first-order valence-electron chi connectivity index (χ1n) is 5.75. The Morgan fingerprint density at radius 1 is 1.53 bits per heavy atom. The summed E-state index contributed by atoms with van der Waals surface area (Å²) in [5.41, 5.74) is 1.82. The van der Waals surface area contributed by atoms with E-state index in [1.165, 1.54) is 0 Å². The van der Waals surface area contributed by atoms with Gasteiger partial charge in [0.2, 0.25) is 0 Å². The van der Waals surface area contributed by atoms with E-state index in [4.69, 9.17) is 4.74 Å². The van der Waals surface area contributed by atoms with Gasteiger partial charge in [-0.25, -0.2) is 0 Å². The van der Waals surface area contributed by atoms with Crippen LogP contribution in [0.2, 0.25) is 0 Å². The Bertz CT molecular complexity index is 408. The van der Waals surface area contributed by atoms with Crippen LogP contribution in [0, 0.1) is 6.92 Å². The molecule has 1 heterocycles. The van der Waals surface area contributed by atoms with Gasteiger partial charge < -0.3 is 9.64 Å². The van der Waals surface area contributed by atoms with Crippen LogP contribution in [0.1, 0.15) is 15.9 Å². The first-order valence-corrected chi connectivity index (χ1v) is 6.87. The highest BCUT2D eigenvalue weighted by atomic mass is 79.9. The molecule has 0 bridgehead atoms. The second-order valence-electron chi connectivity index (χ2n) is 4.21. The summed E-state index contributed by atoms with van der Waals surface area (Å²) in [6, 6.07) is 7.71. The van der Waals surface area contributed by atoms with E-state index in [1.54, 1.807) is 0 Å². The van der Waals surface area contributed by atoms with E-state index in [0.29, 0.717) is 19.7 Å². The summed E-state index contributed by atoms with van der Waals surface area (Å²) in [6.07, 6.45) is 0.108. The molecule has 0 radical (unpaired) electrons. The first kappa shape index (κ1) is 12.6. The summed E-state index contributed by atoms with van der Waals surface area (Å²) in [5.74, 6) is 0.109. The molecule has 1 unspecified atom stereocenters. The highest BCUT2D eigenvalue weighted by Crippen LogP contribution is 2.14. The second kappa shape index (κ2) is 5.65. The number of rotatable bonds is 2. The lowest BCUT2D eigenvalue weighted by atomic mass is 10.1. The molecule has 0 aliphatic carbocycles. The number of hydrogen-bond donors (Lipinski definition) is 0. The van der Waals surface area contributed by atoms with Gasteiger partial charge in [0.15, 0.2) is 0 Å². The molecule has 1 aliphatic rings. The van der Waals surface area contributed by atoms with Gasteiger partial charge in [-0.3, -0.25) is 4.79 Å². The van der Waals surface area contributed by atoms with Crippen LogP contribution >= 0.6 is 15.9 Å². The zero-order valence-electron chi connectivity index (χ0n) is 9.86. The van der Waals surface area contributed by atoms with Crippen LogP contribution in [0.15, 0.2) is 24.3 Å². The third-order valence-corrected chi connectivity index (χ3v) is 3.70. The normalized spacial score (nSPS) is 20.4. The second-order valence-corrected chi connectivity index (χ2v) is 4.86. The number of carbonyl (C=O) groups is 1. The fourth-order valence-corrected chi connectivity index (χ4v) is 2.37. The van der Waals surface area contributed by atoms with E-state index >= 15 is 0 Å². The minimum absolute atomic E-state index is 0.108. The number of nitrogens with zero attached hydrogens (tertiary/aromatic N) is 1. The molecule has 1 amide bonds. The fraction of sp³-hybridized carbons (Fsp3) is 0.462. The monoisotopic (exact) mass is 297 g/mol. The number of ether oxygens (including phenoxy) is 1. The summed E-state index contributed by atoms with van der Waals surface area (Å²) in [5, 5.41) is 0.768. The molecule has 1 aromatic carbocycles. The zero-order chi connectivity index (χ0) is 12.3. The SMILES string of the molecule is Cc1ccccc1C(=O)N1CCOC(CBr)C1. The van der Waals surface area contributed by atoms with Crippen molar-refractivity contribution in [2.75, 3.05) is 25.0 Å². The van der Waals surface area contributed by atoms with Crippen molar-refractivity contribution in [3.8, 4) is 0 Å². The topological polar surface area (TPSA) is 29.5 Å². The van der Waals surface area contributed by atoms with Crippen LogP contribution in [-0.4, -0.2) is 41.9 Å². The van der Waals surface area contributed by atoms with Gasteiger partial charge in [0, 0.05) is 24.0 Å². The average molecular weight is 298 g/mol. The predicted molar refractivity (Wildman–Crippen MR) is 70.6 cm³/mol. The van der Waals surface area contributed by atoms with E-state index in [9.17, 15) is 4.79 Å². The summed E-state index contributed by atoms with van der Waals surface area (Å²) >= 11 is 3.40. The minimum atomic E-state index is 0.108. The standard InChI is InChI=1S/C13H16BrNO2/c1-10-4-2-3-5-12(10)13(16)15-6-7-17-11(8-14)9-15/h2-5,11H,6-9H2,1H3. The number of benzene rings is 1. The van der Waals surface area contributed by atoms with Gasteiger partial charge in [-0.05, 0) is 18.6 Å². The third-order valence-electron chi connectivity index (χ3n) is 2.97. The highest BCUT2D eigenvalue weighted by Gasteiger charge is 2.24. The molecule has 1 saturated heterocycles. The minimum Gasteiger partial charge on any atom is -0.374 e. The van der Waals surface area contributed by atoms with Crippen LogP contribution in [-0.2, 0) is 4.74 Å². The van der Waals surface area contributed by atoms with E-state index in [0.717, 1.165) is 16.5 Å². The van der Waals surface area contributed by atoms with Crippen LogP contribution in [0.5, 0.6) is 0 Å². The fourth-order valence-electron chi connectivity index (χ4n) is 1.98. The van der Waals surface area contributed by atoms with Crippen molar-refractivity contribution in [2.45, 2.75) is 13.0 Å². The van der Waals surface area contributed by atoms with Crippen LogP contribution in [0.25, 0.3) is 0 Å². The molecule has 1 fully saturated rings. The van der Waals surface area contributed by atoms with Crippen LogP contribution in [0.4, 0.5) is 0 Å². The van der Waals surface area contributed by atoms with Crippen molar-refractivity contribution in [1.82, 2.24) is 4.90 Å². The number of alkyl halides is 1. The number of morpholine rings is 1. The first-order chi connectivity index (χ1) is 8.22. The largest absolute Gasteiger partial charge is 0.374 e. The van der Waals surface area contributed by atoms with Gasteiger partial charge in [-0.2, -0.15) is 0 Å². The van der Waals surface area contributed by atoms with Gasteiger partial charge in [0.1, 0.15) is 0 Å². The number of amides is 1. The number of carbonyl (C=O) groups excluding carboxylic acids is 1. The van der Waals surface area contributed by atoms with E-state index < -0.39 is 0 Å². The maximum Gasteiger partial charge on any atom is 0.254 e. The Labute approximate surface area is 110 Å². The van der Waals surface area contributed by atoms with Gasteiger partial charge in [0.25, 0.3) is 5.91 Å². The quantitative estimate of drug-likeness (QED) is 0.784. The molecule has 2 rings (SSSR count). The van der Waals surface area contributed by atoms with Crippen molar-refractivity contribution >= 4 is 21.8 Å². The molecule has 92 valence electrons. The summed E-state index contributed by atoms with van der Waals surface area (Å²) in [6.45, 7) is 3.93.